The molecule has 3 aliphatic heterocycles. The molecule has 0 amide bonds. The van der Waals surface area contributed by atoms with Crippen LogP contribution in [0, 0.1) is 0 Å². The molecule has 3 saturated heterocycles. The smallest absolute Gasteiger partial charge is 0.338 e. The summed E-state index contributed by atoms with van der Waals surface area (Å²) in [5, 5.41) is 0. The van der Waals surface area contributed by atoms with Crippen LogP contribution in [0.4, 0.5) is 0 Å². The molecule has 3 fully saturated rings. The van der Waals surface area contributed by atoms with Gasteiger partial charge < -0.3 is 66.3 Å². The molecule has 3 aliphatic rings. The Kier molecular flexibility index (Phi) is 20.1. The molecule has 3 heterocycles. The molecule has 0 unspecified atom stereocenters. The van der Waals surface area contributed by atoms with Gasteiger partial charge in [0.1, 0.15) is 29.8 Å². The van der Waals surface area contributed by atoms with E-state index in [9.17, 15) is 24.0 Å². The molecular weight excluding hydrogens is 1060 g/mol. The van der Waals surface area contributed by atoms with Crippen LogP contribution in [0.5, 0.6) is 11.5 Å². The zero-order valence-corrected chi connectivity index (χ0v) is 45.7. The van der Waals surface area contributed by atoms with Crippen molar-refractivity contribution in [3.8, 4) is 11.5 Å². The molecule has 0 saturated carbocycles. The molecule has 9 rings (SSSR count). The Balaban J connectivity index is 1.14. The molecule has 19 nitrogen and oxygen atoms in total. The first kappa shape index (κ1) is 58.6. The molecule has 430 valence electrons. The van der Waals surface area contributed by atoms with Crippen LogP contribution in [0.25, 0.3) is 0 Å². The van der Waals surface area contributed by atoms with Gasteiger partial charge in [-0.15, -0.1) is 0 Å². The first-order valence-electron chi connectivity index (χ1n) is 26.8. The van der Waals surface area contributed by atoms with Crippen molar-refractivity contribution in [3.05, 3.63) is 204 Å². The number of ether oxygens (including phenoxy) is 14. The normalized spacial score (nSPS) is 26.9. The zero-order valence-electron chi connectivity index (χ0n) is 45.7. The van der Waals surface area contributed by atoms with Crippen LogP contribution >= 0.6 is 0 Å². The summed E-state index contributed by atoms with van der Waals surface area (Å²) in [6.07, 6.45) is -19.4. The monoisotopic (exact) mass is 1120 g/mol. The Morgan fingerprint density at radius 1 is 0.415 bits per heavy atom. The van der Waals surface area contributed by atoms with Gasteiger partial charge in [-0.05, 0) is 85.6 Å². The van der Waals surface area contributed by atoms with Crippen molar-refractivity contribution < 1.29 is 90.3 Å². The van der Waals surface area contributed by atoms with Crippen molar-refractivity contribution in [2.75, 3.05) is 13.7 Å². The Labute approximate surface area is 474 Å². The third kappa shape index (κ3) is 15.1. The Bertz CT molecular complexity index is 3010. The minimum absolute atomic E-state index is 0.0361. The number of benzene rings is 6. The third-order valence-electron chi connectivity index (χ3n) is 13.7. The highest BCUT2D eigenvalue weighted by Crippen LogP contribution is 2.38. The number of carbonyl (C=O) groups excluding carboxylic acids is 5. The molecule has 0 N–H and O–H groups in total. The van der Waals surface area contributed by atoms with Gasteiger partial charge in [-0.1, -0.05) is 115 Å². The van der Waals surface area contributed by atoms with Gasteiger partial charge in [-0.3, -0.25) is 9.59 Å². The number of esters is 5. The second kappa shape index (κ2) is 28.1. The highest BCUT2D eigenvalue weighted by atomic mass is 16.8. The number of rotatable bonds is 21. The maximum Gasteiger partial charge on any atom is 0.338 e. The van der Waals surface area contributed by atoms with Crippen LogP contribution in [0.15, 0.2) is 176 Å². The van der Waals surface area contributed by atoms with E-state index in [1.54, 1.807) is 112 Å². The molecule has 0 aliphatic carbocycles. The number of hydrogen-bond donors (Lipinski definition) is 0. The largest absolute Gasteiger partial charge is 0.497 e. The second-order valence-corrected chi connectivity index (χ2v) is 19.6. The van der Waals surface area contributed by atoms with E-state index >= 15 is 0 Å². The SMILES string of the molecule is COc1ccc(O[C@H]2O[C@H](C)[C@@H](OCc3ccccc3)[C@H](O[C@@H]3OC[C@@H](OC(C)=O)[C@H](OC(C)=O)[C@H]3O[C@@H]3O[C@H](C)[C@@H](OC(=O)c4ccccc4)[C@H](OC(=O)c4ccccc4)[C@H]3OC(=O)c3ccccc3)[C@H]2OCc2ccccc2)cc1. The van der Waals surface area contributed by atoms with E-state index in [4.69, 9.17) is 66.3 Å². The summed E-state index contributed by atoms with van der Waals surface area (Å²) >= 11 is 0. The average Bonchev–Trinajstić information content (AvgIpc) is 3.42. The molecule has 0 radical (unpaired) electrons. The summed E-state index contributed by atoms with van der Waals surface area (Å²) in [4.78, 5) is 68.8. The summed E-state index contributed by atoms with van der Waals surface area (Å²) in [6.45, 7) is 5.39. The van der Waals surface area contributed by atoms with Gasteiger partial charge in [-0.25, -0.2) is 14.4 Å². The van der Waals surface area contributed by atoms with E-state index in [1.165, 1.54) is 31.2 Å². The number of carbonyl (C=O) groups is 5. The van der Waals surface area contributed by atoms with Gasteiger partial charge >= 0.3 is 29.8 Å². The van der Waals surface area contributed by atoms with Gasteiger partial charge in [0.05, 0.1) is 55.8 Å². The summed E-state index contributed by atoms with van der Waals surface area (Å²) in [5.41, 5.74) is 1.99. The first-order chi connectivity index (χ1) is 39.8. The lowest BCUT2D eigenvalue weighted by Gasteiger charge is -2.49. The topological polar surface area (TPSA) is 215 Å². The van der Waals surface area contributed by atoms with Crippen molar-refractivity contribution in [2.45, 2.75) is 127 Å². The minimum Gasteiger partial charge on any atom is -0.497 e. The van der Waals surface area contributed by atoms with E-state index in [0.717, 1.165) is 18.1 Å². The average molecular weight is 1130 g/mol. The van der Waals surface area contributed by atoms with Crippen molar-refractivity contribution in [2.24, 2.45) is 0 Å². The Morgan fingerprint density at radius 2 is 0.841 bits per heavy atom. The maximum absolute atomic E-state index is 14.4. The lowest BCUT2D eigenvalue weighted by atomic mass is 9.97. The fraction of sp³-hybridized carbons (Fsp3) is 0.349. The Hall–Kier alpha value is -8.01. The number of hydrogen-bond acceptors (Lipinski definition) is 19. The van der Waals surface area contributed by atoms with Gasteiger partial charge in [0.25, 0.3) is 0 Å². The fourth-order valence-corrected chi connectivity index (χ4v) is 9.72. The summed E-state index contributed by atoms with van der Waals surface area (Å²) in [7, 11) is 1.55. The van der Waals surface area contributed by atoms with Crippen molar-refractivity contribution in [3.63, 3.8) is 0 Å². The second-order valence-electron chi connectivity index (χ2n) is 19.6. The zero-order chi connectivity index (χ0) is 57.5. The maximum atomic E-state index is 14.4. The molecule has 6 aromatic carbocycles. The Morgan fingerprint density at radius 3 is 1.34 bits per heavy atom. The van der Waals surface area contributed by atoms with Crippen LogP contribution in [0.3, 0.4) is 0 Å². The first-order valence-corrected chi connectivity index (χ1v) is 26.8. The van der Waals surface area contributed by atoms with Crippen LogP contribution in [-0.2, 0) is 79.6 Å². The van der Waals surface area contributed by atoms with E-state index in [2.05, 4.69) is 0 Å². The van der Waals surface area contributed by atoms with Crippen LogP contribution in [0.1, 0.15) is 69.9 Å². The predicted octanol–water partition coefficient (Wildman–Crippen LogP) is 8.40. The summed E-state index contributed by atoms with van der Waals surface area (Å²) < 4.78 is 90.1. The van der Waals surface area contributed by atoms with Gasteiger partial charge in [-0.2, -0.15) is 0 Å². The molecule has 0 bridgehead atoms. The fourth-order valence-electron chi connectivity index (χ4n) is 9.72. The van der Waals surface area contributed by atoms with Crippen molar-refractivity contribution in [1.29, 1.82) is 0 Å². The van der Waals surface area contributed by atoms with Gasteiger partial charge in [0.2, 0.25) is 6.29 Å². The molecule has 6 aromatic rings. The van der Waals surface area contributed by atoms with Crippen molar-refractivity contribution >= 4 is 29.8 Å². The lowest BCUT2D eigenvalue weighted by Crippen LogP contribution is -2.67. The third-order valence-corrected chi connectivity index (χ3v) is 13.7. The number of methoxy groups -OCH3 is 1. The van der Waals surface area contributed by atoms with Crippen LogP contribution < -0.4 is 9.47 Å². The molecule has 14 atom stereocenters. The van der Waals surface area contributed by atoms with Gasteiger partial charge in [0.15, 0.2) is 49.2 Å². The lowest BCUT2D eigenvalue weighted by molar-refractivity contribution is -0.376. The predicted molar refractivity (Wildman–Crippen MR) is 290 cm³/mol. The van der Waals surface area contributed by atoms with E-state index < -0.39 is 122 Å². The molecule has 19 heteroatoms. The van der Waals surface area contributed by atoms with E-state index in [0.29, 0.717) is 11.5 Å². The van der Waals surface area contributed by atoms with Crippen molar-refractivity contribution in [1.82, 2.24) is 0 Å². The van der Waals surface area contributed by atoms with Crippen LogP contribution in [0.2, 0.25) is 0 Å². The summed E-state index contributed by atoms with van der Waals surface area (Å²) in [5.74, 6) is -3.18. The van der Waals surface area contributed by atoms with Gasteiger partial charge in [0, 0.05) is 13.8 Å². The van der Waals surface area contributed by atoms with Crippen LogP contribution in [-0.4, -0.2) is 130 Å². The minimum atomic E-state index is -1.80. The highest BCUT2D eigenvalue weighted by molar-refractivity contribution is 5.91. The molecular formula is C63H64O19. The quantitative estimate of drug-likeness (QED) is 0.0488. The summed E-state index contributed by atoms with van der Waals surface area (Å²) in [6, 6.07) is 49.8. The molecule has 0 spiro atoms. The molecule has 82 heavy (non-hydrogen) atoms. The standard InChI is InChI=1S/C63H64O19/c1-38-50(70-35-42-21-11-6-12-22-42)53(55(71-36-43-23-13-7-14-24-43)62(73-38)77-48-33-31-47(69-5)32-34-48)81-61-56(52(76-41(4)65)49(37-72-61)75-40(3)64)82-63-57(80-60(68)46-29-19-10-20-30-46)54(79-59(67)45-27-17-9-18-28-45)51(39(2)74-63)78-58(66)44-25-15-8-16-26-44/h6-34,38-39,49-57,61-63H,35-37H2,1-5H3/t38-,39-,49-,50-,51-,52+,53+,54+,55-,56-,57-,61+,62-,63+/m1/s1. The van der Waals surface area contributed by atoms with E-state index in [1.807, 2.05) is 60.7 Å². The highest BCUT2D eigenvalue weighted by Gasteiger charge is 2.57. The van der Waals surface area contributed by atoms with E-state index in [-0.39, 0.29) is 29.9 Å². The molecule has 0 aromatic heterocycles.